The summed E-state index contributed by atoms with van der Waals surface area (Å²) in [6.45, 7) is 5.47. The van der Waals surface area contributed by atoms with E-state index in [4.69, 9.17) is 10.5 Å². The summed E-state index contributed by atoms with van der Waals surface area (Å²) in [5.41, 5.74) is 6.32. The van der Waals surface area contributed by atoms with Crippen molar-refractivity contribution in [3.63, 3.8) is 0 Å². The molecule has 0 saturated carbocycles. The maximum absolute atomic E-state index is 12.8. The van der Waals surface area contributed by atoms with E-state index >= 15 is 0 Å². The highest BCUT2D eigenvalue weighted by atomic mass is 32.2. The zero-order valence-electron chi connectivity index (χ0n) is 12.9. The van der Waals surface area contributed by atoms with Crippen molar-refractivity contribution >= 4 is 15.7 Å². The number of hydrogen-bond donors (Lipinski definition) is 1. The highest BCUT2D eigenvalue weighted by molar-refractivity contribution is 7.89. The van der Waals surface area contributed by atoms with Crippen LogP contribution in [0.1, 0.15) is 33.1 Å². The Labute approximate surface area is 127 Å². The zero-order chi connectivity index (χ0) is 15.7. The molecule has 1 aromatic rings. The Hall–Kier alpha value is -1.27. The van der Waals surface area contributed by atoms with Crippen LogP contribution in [0.2, 0.25) is 0 Å². The molecule has 0 radical (unpaired) electrons. The highest BCUT2D eigenvalue weighted by Crippen LogP contribution is 2.33. The number of benzene rings is 1. The molecule has 2 N–H and O–H groups in total. The molecule has 0 unspecified atom stereocenters. The topological polar surface area (TPSA) is 72.6 Å². The average Bonchev–Trinajstić information content (AvgIpc) is 2.59. The normalized spacial score (nSPS) is 20.0. The van der Waals surface area contributed by atoms with Crippen molar-refractivity contribution in [1.29, 1.82) is 0 Å². The van der Waals surface area contributed by atoms with Gasteiger partial charge in [-0.05, 0) is 36.8 Å². The van der Waals surface area contributed by atoms with Crippen LogP contribution in [-0.4, -0.2) is 32.9 Å². The predicted octanol–water partition coefficient (Wildman–Crippen LogP) is 2.48. The lowest BCUT2D eigenvalue weighted by atomic mass is 9.85. The Balaban J connectivity index is 2.29. The second kappa shape index (κ2) is 5.85. The van der Waals surface area contributed by atoms with Crippen LogP contribution < -0.4 is 10.5 Å². The van der Waals surface area contributed by atoms with Gasteiger partial charge in [-0.15, -0.1) is 0 Å². The minimum absolute atomic E-state index is 0.169. The largest absolute Gasteiger partial charge is 0.497 e. The van der Waals surface area contributed by atoms with Crippen molar-refractivity contribution in [2.75, 3.05) is 25.9 Å². The van der Waals surface area contributed by atoms with Gasteiger partial charge in [0.1, 0.15) is 10.6 Å². The highest BCUT2D eigenvalue weighted by Gasteiger charge is 2.31. The molecule has 118 valence electrons. The Morgan fingerprint density at radius 2 is 1.95 bits per heavy atom. The molecule has 6 heteroatoms. The summed E-state index contributed by atoms with van der Waals surface area (Å²) in [6, 6.07) is 4.71. The van der Waals surface area contributed by atoms with Crippen molar-refractivity contribution in [2.24, 2.45) is 5.41 Å². The van der Waals surface area contributed by atoms with Gasteiger partial charge in [0.25, 0.3) is 0 Å². The third-order valence-electron chi connectivity index (χ3n) is 4.13. The van der Waals surface area contributed by atoms with Crippen LogP contribution in [0.4, 0.5) is 5.69 Å². The SMILES string of the molecule is COc1ccc(S(=O)(=O)N2CCCC(C)(C)CC2)c(N)c1. The molecule has 1 heterocycles. The number of ether oxygens (including phenoxy) is 1. The first-order valence-corrected chi connectivity index (χ1v) is 8.64. The van der Waals surface area contributed by atoms with Crippen LogP contribution in [0, 0.1) is 5.41 Å². The van der Waals surface area contributed by atoms with Crippen LogP contribution in [0.15, 0.2) is 23.1 Å². The third kappa shape index (κ3) is 3.49. The van der Waals surface area contributed by atoms with E-state index in [-0.39, 0.29) is 16.0 Å². The van der Waals surface area contributed by atoms with Crippen LogP contribution in [-0.2, 0) is 10.0 Å². The van der Waals surface area contributed by atoms with Crippen molar-refractivity contribution in [3.8, 4) is 5.75 Å². The number of nitrogens with zero attached hydrogens (tertiary/aromatic N) is 1. The summed E-state index contributed by atoms with van der Waals surface area (Å²) in [4.78, 5) is 0.169. The molecule has 1 aromatic carbocycles. The lowest BCUT2D eigenvalue weighted by Crippen LogP contribution is -2.33. The van der Waals surface area contributed by atoms with Gasteiger partial charge in [-0.2, -0.15) is 4.31 Å². The first-order valence-electron chi connectivity index (χ1n) is 7.20. The van der Waals surface area contributed by atoms with E-state index in [0.717, 1.165) is 19.3 Å². The van der Waals surface area contributed by atoms with Crippen LogP contribution in [0.3, 0.4) is 0 Å². The molecule has 5 nitrogen and oxygen atoms in total. The van der Waals surface area contributed by atoms with Gasteiger partial charge in [-0.3, -0.25) is 0 Å². The minimum atomic E-state index is -3.54. The maximum atomic E-state index is 12.8. The van der Waals surface area contributed by atoms with Gasteiger partial charge in [-0.25, -0.2) is 8.42 Å². The smallest absolute Gasteiger partial charge is 0.245 e. The standard InChI is InChI=1S/C15H24N2O3S/c1-15(2)7-4-9-17(10-8-15)21(18,19)14-6-5-12(20-3)11-13(14)16/h5-6,11H,4,7-10,16H2,1-3H3. The number of sulfonamides is 1. The van der Waals surface area contributed by atoms with Crippen LogP contribution >= 0.6 is 0 Å². The lowest BCUT2D eigenvalue weighted by molar-refractivity contribution is 0.315. The van der Waals surface area contributed by atoms with E-state index in [9.17, 15) is 8.42 Å². The number of methoxy groups -OCH3 is 1. The second-order valence-corrected chi connectivity index (χ2v) is 8.23. The fourth-order valence-corrected chi connectivity index (χ4v) is 4.24. The van der Waals surface area contributed by atoms with E-state index in [1.807, 2.05) is 0 Å². The molecular weight excluding hydrogens is 288 g/mol. The molecule has 0 spiro atoms. The van der Waals surface area contributed by atoms with E-state index in [2.05, 4.69) is 13.8 Å². The number of hydrogen-bond acceptors (Lipinski definition) is 4. The first-order chi connectivity index (χ1) is 9.76. The van der Waals surface area contributed by atoms with Crippen LogP contribution in [0.25, 0.3) is 0 Å². The maximum Gasteiger partial charge on any atom is 0.245 e. The van der Waals surface area contributed by atoms with Crippen molar-refractivity contribution in [1.82, 2.24) is 4.31 Å². The molecule has 21 heavy (non-hydrogen) atoms. The fourth-order valence-electron chi connectivity index (χ4n) is 2.67. The van der Waals surface area contributed by atoms with Crippen molar-refractivity contribution < 1.29 is 13.2 Å². The lowest BCUT2D eigenvalue weighted by Gasteiger charge is -2.23. The van der Waals surface area contributed by atoms with Gasteiger partial charge in [-0.1, -0.05) is 13.8 Å². The molecule has 0 aliphatic carbocycles. The summed E-state index contributed by atoms with van der Waals surface area (Å²) < 4.78 is 32.2. The van der Waals surface area contributed by atoms with Gasteiger partial charge in [0.2, 0.25) is 10.0 Å². The summed E-state index contributed by atoms with van der Waals surface area (Å²) in [5.74, 6) is 0.559. The summed E-state index contributed by atoms with van der Waals surface area (Å²) in [5, 5.41) is 0. The quantitative estimate of drug-likeness (QED) is 0.870. The zero-order valence-corrected chi connectivity index (χ0v) is 13.7. The summed E-state index contributed by atoms with van der Waals surface area (Å²) >= 11 is 0. The van der Waals surface area contributed by atoms with E-state index in [1.54, 1.807) is 16.4 Å². The van der Waals surface area contributed by atoms with E-state index in [0.29, 0.717) is 18.8 Å². The van der Waals surface area contributed by atoms with Gasteiger partial charge < -0.3 is 10.5 Å². The molecule has 1 saturated heterocycles. The second-order valence-electron chi connectivity index (χ2n) is 6.33. The van der Waals surface area contributed by atoms with E-state index < -0.39 is 10.0 Å². The van der Waals surface area contributed by atoms with Gasteiger partial charge in [0.05, 0.1) is 12.8 Å². The number of nitrogens with two attached hydrogens (primary N) is 1. The monoisotopic (exact) mass is 312 g/mol. The van der Waals surface area contributed by atoms with Crippen molar-refractivity contribution in [3.05, 3.63) is 18.2 Å². The van der Waals surface area contributed by atoms with Gasteiger partial charge in [0, 0.05) is 19.2 Å². The summed E-state index contributed by atoms with van der Waals surface area (Å²) in [7, 11) is -2.01. The molecule has 0 amide bonds. The third-order valence-corrected chi connectivity index (χ3v) is 6.11. The molecular formula is C15H24N2O3S. The average molecular weight is 312 g/mol. The summed E-state index contributed by atoms with van der Waals surface area (Å²) in [6.07, 6.45) is 2.78. The molecule has 1 aliphatic rings. The molecule has 1 aliphatic heterocycles. The molecule has 0 bridgehead atoms. The van der Waals surface area contributed by atoms with E-state index in [1.165, 1.54) is 13.2 Å². The van der Waals surface area contributed by atoms with Crippen molar-refractivity contribution in [2.45, 2.75) is 38.0 Å². The fraction of sp³-hybridized carbons (Fsp3) is 0.600. The first kappa shape index (κ1) is 16.1. The van der Waals surface area contributed by atoms with Gasteiger partial charge in [0.15, 0.2) is 0 Å². The molecule has 1 fully saturated rings. The van der Waals surface area contributed by atoms with Gasteiger partial charge >= 0.3 is 0 Å². The van der Waals surface area contributed by atoms with Crippen LogP contribution in [0.5, 0.6) is 5.75 Å². The Morgan fingerprint density at radius 3 is 2.57 bits per heavy atom. The Morgan fingerprint density at radius 1 is 1.24 bits per heavy atom. The number of nitrogen functional groups attached to an aromatic ring is 1. The molecule has 0 aromatic heterocycles. The minimum Gasteiger partial charge on any atom is -0.497 e. The predicted molar refractivity (Wildman–Crippen MR) is 83.8 cm³/mol. The Kier molecular flexibility index (Phi) is 4.49. The molecule has 2 rings (SSSR count). The number of anilines is 1. The number of rotatable bonds is 3. The Bertz CT molecular complexity index is 611. The molecule has 0 atom stereocenters.